The van der Waals surface area contributed by atoms with Gasteiger partial charge >= 0.3 is 5.97 Å². The van der Waals surface area contributed by atoms with Crippen LogP contribution in [-0.4, -0.2) is 30.7 Å². The van der Waals surface area contributed by atoms with Crippen LogP contribution < -0.4 is 19.9 Å². The molecular weight excluding hydrogens is 362 g/mol. The van der Waals surface area contributed by atoms with E-state index in [2.05, 4.69) is 0 Å². The molecule has 0 saturated heterocycles. The Bertz CT molecular complexity index is 877. The smallest absolute Gasteiger partial charge is 0.344 e. The molecule has 0 fully saturated rings. The van der Waals surface area contributed by atoms with Gasteiger partial charge in [-0.15, -0.1) is 0 Å². The number of ether oxygens (including phenoxy) is 4. The van der Waals surface area contributed by atoms with Gasteiger partial charge < -0.3 is 24.7 Å². The number of nitrogens with two attached hydrogens (primary N) is 1. The molecule has 0 unspecified atom stereocenters. The van der Waals surface area contributed by atoms with Gasteiger partial charge in [-0.05, 0) is 37.6 Å². The molecule has 3 rings (SSSR count). The fourth-order valence-electron chi connectivity index (χ4n) is 2.92. The fourth-order valence-corrected chi connectivity index (χ4v) is 2.92. The fraction of sp³-hybridized carbons (Fsp3) is 0.333. The van der Waals surface area contributed by atoms with E-state index in [1.807, 2.05) is 26.0 Å². The zero-order valence-corrected chi connectivity index (χ0v) is 15.9. The topological polar surface area (TPSA) is 97.1 Å². The van der Waals surface area contributed by atoms with E-state index in [1.165, 1.54) is 0 Å². The quantitative estimate of drug-likeness (QED) is 0.701. The average Bonchev–Trinajstić information content (AvgIpc) is 2.97. The van der Waals surface area contributed by atoms with E-state index in [9.17, 15) is 9.59 Å². The van der Waals surface area contributed by atoms with Crippen molar-refractivity contribution in [2.45, 2.75) is 32.5 Å². The van der Waals surface area contributed by atoms with Gasteiger partial charge in [0.1, 0.15) is 18.0 Å². The number of carbonyl (C=O) groups is 2. The van der Waals surface area contributed by atoms with E-state index in [0.717, 1.165) is 17.5 Å². The Morgan fingerprint density at radius 3 is 2.68 bits per heavy atom. The van der Waals surface area contributed by atoms with Crippen molar-refractivity contribution >= 4 is 11.9 Å². The number of amides is 1. The average molecular weight is 385 g/mol. The van der Waals surface area contributed by atoms with Crippen LogP contribution in [0.25, 0.3) is 0 Å². The van der Waals surface area contributed by atoms with Crippen molar-refractivity contribution in [3.05, 3.63) is 53.6 Å². The standard InChI is InChI=1S/C21H23NO6/c1-21(2)10-15-6-4-8-17(20(15)28-21)26-13-19(24)27-11-14-5-3-7-16(9-14)25-12-18(22)23/h3-9H,10-13H2,1-2H3,(H2,22,23). The molecule has 1 amide bonds. The summed E-state index contributed by atoms with van der Waals surface area (Å²) in [6.07, 6.45) is 0.790. The number of carbonyl (C=O) groups excluding carboxylic acids is 2. The molecule has 0 bridgehead atoms. The van der Waals surface area contributed by atoms with Gasteiger partial charge in [0.15, 0.2) is 24.7 Å². The summed E-state index contributed by atoms with van der Waals surface area (Å²) in [5, 5.41) is 0. The third-order valence-corrected chi connectivity index (χ3v) is 4.08. The summed E-state index contributed by atoms with van der Waals surface area (Å²) in [5.41, 5.74) is 6.54. The van der Waals surface area contributed by atoms with Crippen molar-refractivity contribution in [1.29, 1.82) is 0 Å². The molecule has 148 valence electrons. The first-order valence-electron chi connectivity index (χ1n) is 8.92. The van der Waals surface area contributed by atoms with Crippen LogP contribution in [0.1, 0.15) is 25.0 Å². The number of rotatable bonds is 8. The number of hydrogen-bond acceptors (Lipinski definition) is 6. The Balaban J connectivity index is 1.51. The van der Waals surface area contributed by atoms with Gasteiger partial charge in [-0.25, -0.2) is 4.79 Å². The minimum Gasteiger partial charge on any atom is -0.484 e. The van der Waals surface area contributed by atoms with E-state index in [0.29, 0.717) is 17.2 Å². The highest BCUT2D eigenvalue weighted by Gasteiger charge is 2.32. The zero-order chi connectivity index (χ0) is 20.1. The Morgan fingerprint density at radius 1 is 1.11 bits per heavy atom. The van der Waals surface area contributed by atoms with Crippen LogP contribution in [0.3, 0.4) is 0 Å². The Kier molecular flexibility index (Phi) is 5.73. The number of benzene rings is 2. The van der Waals surface area contributed by atoms with Crippen molar-refractivity contribution in [2.75, 3.05) is 13.2 Å². The number of esters is 1. The molecule has 2 N–H and O–H groups in total. The van der Waals surface area contributed by atoms with Crippen molar-refractivity contribution in [3.8, 4) is 17.2 Å². The largest absolute Gasteiger partial charge is 0.484 e. The molecule has 1 heterocycles. The molecule has 0 spiro atoms. The molecule has 2 aromatic rings. The van der Waals surface area contributed by atoms with E-state index in [-0.39, 0.29) is 25.4 Å². The Morgan fingerprint density at radius 2 is 1.89 bits per heavy atom. The highest BCUT2D eigenvalue weighted by atomic mass is 16.6. The van der Waals surface area contributed by atoms with Gasteiger partial charge in [0.25, 0.3) is 5.91 Å². The van der Waals surface area contributed by atoms with Crippen molar-refractivity contribution in [2.24, 2.45) is 5.73 Å². The number of primary amides is 1. The molecule has 28 heavy (non-hydrogen) atoms. The van der Waals surface area contributed by atoms with Crippen molar-refractivity contribution < 1.29 is 28.5 Å². The normalized spacial score (nSPS) is 13.9. The molecule has 2 aromatic carbocycles. The molecule has 0 aromatic heterocycles. The molecule has 7 nitrogen and oxygen atoms in total. The van der Waals surface area contributed by atoms with Crippen LogP contribution >= 0.6 is 0 Å². The van der Waals surface area contributed by atoms with Gasteiger partial charge in [0.05, 0.1) is 0 Å². The van der Waals surface area contributed by atoms with Gasteiger partial charge in [-0.3, -0.25) is 4.79 Å². The summed E-state index contributed by atoms with van der Waals surface area (Å²) in [6.45, 7) is 3.64. The predicted molar refractivity (Wildman–Crippen MR) is 101 cm³/mol. The van der Waals surface area contributed by atoms with Crippen molar-refractivity contribution in [3.63, 3.8) is 0 Å². The number of hydrogen-bond donors (Lipinski definition) is 1. The molecule has 1 aliphatic heterocycles. The molecule has 0 aliphatic carbocycles. The van der Waals surface area contributed by atoms with E-state index >= 15 is 0 Å². The van der Waals surface area contributed by atoms with Gasteiger partial charge in [-0.1, -0.05) is 24.3 Å². The first-order valence-corrected chi connectivity index (χ1v) is 8.92. The summed E-state index contributed by atoms with van der Waals surface area (Å²) in [7, 11) is 0. The minimum absolute atomic E-state index is 0.0619. The first kappa shape index (κ1) is 19.5. The van der Waals surface area contributed by atoms with Crippen LogP contribution in [0.5, 0.6) is 17.2 Å². The molecule has 0 atom stereocenters. The third-order valence-electron chi connectivity index (χ3n) is 4.08. The minimum atomic E-state index is -0.561. The first-order chi connectivity index (χ1) is 13.3. The lowest BCUT2D eigenvalue weighted by molar-refractivity contribution is -0.147. The maximum Gasteiger partial charge on any atom is 0.344 e. The second kappa shape index (κ2) is 8.21. The second-order valence-corrected chi connectivity index (χ2v) is 7.13. The number of para-hydroxylation sites is 1. The maximum atomic E-state index is 12.0. The lowest BCUT2D eigenvalue weighted by Crippen LogP contribution is -2.24. The third kappa shape index (κ3) is 5.16. The molecule has 1 aliphatic rings. The van der Waals surface area contributed by atoms with Crippen LogP contribution in [0.4, 0.5) is 0 Å². The molecule has 0 radical (unpaired) electrons. The maximum absolute atomic E-state index is 12.0. The predicted octanol–water partition coefficient (Wildman–Crippen LogP) is 2.39. The summed E-state index contributed by atoms with van der Waals surface area (Å²) in [4.78, 5) is 22.8. The summed E-state index contributed by atoms with van der Waals surface area (Å²) >= 11 is 0. The Labute approximate surface area is 163 Å². The van der Waals surface area contributed by atoms with E-state index in [4.69, 9.17) is 24.7 Å². The Hall–Kier alpha value is -3.22. The van der Waals surface area contributed by atoms with E-state index < -0.39 is 11.9 Å². The summed E-state index contributed by atoms with van der Waals surface area (Å²) < 4.78 is 22.0. The van der Waals surface area contributed by atoms with Crippen LogP contribution in [0.15, 0.2) is 42.5 Å². The molecular formula is C21H23NO6. The molecule has 7 heteroatoms. The van der Waals surface area contributed by atoms with Gasteiger partial charge in [0, 0.05) is 12.0 Å². The van der Waals surface area contributed by atoms with Gasteiger partial charge in [0.2, 0.25) is 0 Å². The SMILES string of the molecule is CC1(C)Cc2cccc(OCC(=O)OCc3cccc(OCC(N)=O)c3)c2O1. The highest BCUT2D eigenvalue weighted by Crippen LogP contribution is 2.41. The molecule has 0 saturated carbocycles. The second-order valence-electron chi connectivity index (χ2n) is 7.13. The summed E-state index contributed by atoms with van der Waals surface area (Å²) in [5.74, 6) is 0.622. The number of fused-ring (bicyclic) bond motifs is 1. The lowest BCUT2D eigenvalue weighted by Gasteiger charge is -2.18. The zero-order valence-electron chi connectivity index (χ0n) is 15.9. The summed E-state index contributed by atoms with van der Waals surface area (Å²) in [6, 6.07) is 12.5. The van der Waals surface area contributed by atoms with Crippen LogP contribution in [0, 0.1) is 0 Å². The van der Waals surface area contributed by atoms with Crippen LogP contribution in [-0.2, 0) is 27.4 Å². The van der Waals surface area contributed by atoms with Crippen LogP contribution in [0.2, 0.25) is 0 Å². The van der Waals surface area contributed by atoms with Crippen molar-refractivity contribution in [1.82, 2.24) is 0 Å². The lowest BCUT2D eigenvalue weighted by atomic mass is 10.0. The van der Waals surface area contributed by atoms with Gasteiger partial charge in [-0.2, -0.15) is 0 Å². The highest BCUT2D eigenvalue weighted by molar-refractivity contribution is 5.75. The monoisotopic (exact) mass is 385 g/mol. The van der Waals surface area contributed by atoms with E-state index in [1.54, 1.807) is 30.3 Å².